The lowest BCUT2D eigenvalue weighted by Crippen LogP contribution is -2.16. The van der Waals surface area contributed by atoms with Gasteiger partial charge in [0.05, 0.1) is 19.6 Å². The van der Waals surface area contributed by atoms with Crippen molar-refractivity contribution in [2.45, 2.75) is 19.1 Å². The molecule has 1 saturated heterocycles. The SMILES string of the molecule is O=C(Cc1ccc(Br)cn1)CC1OCCO1. The summed E-state index contributed by atoms with van der Waals surface area (Å²) in [7, 11) is 0. The number of nitrogens with zero attached hydrogens (tertiary/aromatic N) is 1. The Morgan fingerprint density at radius 2 is 2.19 bits per heavy atom. The number of ether oxygens (including phenoxy) is 2. The molecular formula is C11H12BrNO3. The zero-order chi connectivity index (χ0) is 11.4. The van der Waals surface area contributed by atoms with E-state index in [0.29, 0.717) is 26.1 Å². The smallest absolute Gasteiger partial charge is 0.164 e. The first-order chi connectivity index (χ1) is 7.74. The third-order valence-corrected chi connectivity index (χ3v) is 2.72. The van der Waals surface area contributed by atoms with Crippen LogP contribution in [0.3, 0.4) is 0 Å². The molecule has 1 aliphatic rings. The number of ketones is 1. The van der Waals surface area contributed by atoms with Crippen LogP contribution in [0.25, 0.3) is 0 Å². The molecule has 0 atom stereocenters. The first-order valence-corrected chi connectivity index (χ1v) is 5.88. The normalized spacial score (nSPS) is 16.6. The Hall–Kier alpha value is -0.780. The van der Waals surface area contributed by atoms with E-state index in [1.54, 1.807) is 6.20 Å². The van der Waals surface area contributed by atoms with Crippen LogP contribution >= 0.6 is 15.9 Å². The van der Waals surface area contributed by atoms with E-state index in [1.165, 1.54) is 0 Å². The van der Waals surface area contributed by atoms with Crippen LogP contribution in [0.5, 0.6) is 0 Å². The van der Waals surface area contributed by atoms with Gasteiger partial charge in [-0.25, -0.2) is 0 Å². The Kier molecular flexibility index (Phi) is 4.04. The summed E-state index contributed by atoms with van der Waals surface area (Å²) in [6.07, 6.45) is 1.96. The second-order valence-electron chi connectivity index (χ2n) is 3.56. The molecule has 1 aromatic rings. The molecule has 0 saturated carbocycles. The van der Waals surface area contributed by atoms with Crippen LogP contribution in [0.15, 0.2) is 22.8 Å². The van der Waals surface area contributed by atoms with Crippen molar-refractivity contribution in [3.05, 3.63) is 28.5 Å². The summed E-state index contributed by atoms with van der Waals surface area (Å²) in [4.78, 5) is 15.8. The average Bonchev–Trinajstić information content (AvgIpc) is 2.74. The van der Waals surface area contributed by atoms with Gasteiger partial charge in [0, 0.05) is 22.8 Å². The molecule has 1 aliphatic heterocycles. The number of hydrogen-bond donors (Lipinski definition) is 0. The molecule has 0 bridgehead atoms. The molecule has 4 nitrogen and oxygen atoms in total. The van der Waals surface area contributed by atoms with Gasteiger partial charge in [0.15, 0.2) is 6.29 Å². The fraction of sp³-hybridized carbons (Fsp3) is 0.455. The van der Waals surface area contributed by atoms with Gasteiger partial charge in [0.1, 0.15) is 5.78 Å². The third kappa shape index (κ3) is 3.37. The summed E-state index contributed by atoms with van der Waals surface area (Å²) in [6, 6.07) is 3.70. The van der Waals surface area contributed by atoms with Gasteiger partial charge in [-0.15, -0.1) is 0 Å². The Labute approximate surface area is 102 Å². The lowest BCUT2D eigenvalue weighted by atomic mass is 10.1. The molecule has 0 aliphatic carbocycles. The minimum Gasteiger partial charge on any atom is -0.350 e. The number of carbonyl (C=O) groups excluding carboxylic acids is 1. The van der Waals surface area contributed by atoms with Crippen LogP contribution in [-0.2, 0) is 20.7 Å². The van der Waals surface area contributed by atoms with Crippen molar-refractivity contribution >= 4 is 21.7 Å². The maximum atomic E-state index is 11.6. The molecule has 1 aromatic heterocycles. The molecule has 0 radical (unpaired) electrons. The van der Waals surface area contributed by atoms with Crippen molar-refractivity contribution in [1.82, 2.24) is 4.98 Å². The van der Waals surface area contributed by atoms with Gasteiger partial charge in [-0.2, -0.15) is 0 Å². The highest BCUT2D eigenvalue weighted by Crippen LogP contribution is 2.11. The predicted molar refractivity (Wildman–Crippen MR) is 61.0 cm³/mol. The molecule has 16 heavy (non-hydrogen) atoms. The molecule has 0 N–H and O–H groups in total. The summed E-state index contributed by atoms with van der Waals surface area (Å²) in [5.74, 6) is 0.0849. The van der Waals surface area contributed by atoms with Crippen molar-refractivity contribution in [2.75, 3.05) is 13.2 Å². The summed E-state index contributed by atoms with van der Waals surface area (Å²) in [5.41, 5.74) is 0.770. The highest BCUT2D eigenvalue weighted by molar-refractivity contribution is 9.10. The van der Waals surface area contributed by atoms with E-state index in [4.69, 9.17) is 9.47 Å². The Morgan fingerprint density at radius 1 is 1.44 bits per heavy atom. The largest absolute Gasteiger partial charge is 0.350 e. The van der Waals surface area contributed by atoms with Crippen molar-refractivity contribution in [3.8, 4) is 0 Å². The first-order valence-electron chi connectivity index (χ1n) is 5.09. The topological polar surface area (TPSA) is 48.4 Å². The van der Waals surface area contributed by atoms with Crippen molar-refractivity contribution < 1.29 is 14.3 Å². The van der Waals surface area contributed by atoms with Gasteiger partial charge in [-0.3, -0.25) is 9.78 Å². The standard InChI is InChI=1S/C11H12BrNO3/c12-8-1-2-9(13-7-8)5-10(14)6-11-15-3-4-16-11/h1-2,7,11H,3-6H2. The summed E-state index contributed by atoms with van der Waals surface area (Å²) in [5, 5.41) is 0. The van der Waals surface area contributed by atoms with Gasteiger partial charge < -0.3 is 9.47 Å². The van der Waals surface area contributed by atoms with E-state index < -0.39 is 0 Å². The van der Waals surface area contributed by atoms with E-state index in [0.717, 1.165) is 10.2 Å². The fourth-order valence-electron chi connectivity index (χ4n) is 1.50. The predicted octanol–water partition coefficient (Wildman–Crippen LogP) is 1.72. The lowest BCUT2D eigenvalue weighted by Gasteiger charge is -2.07. The molecule has 0 unspecified atom stereocenters. The van der Waals surface area contributed by atoms with Crippen LogP contribution in [0.2, 0.25) is 0 Å². The van der Waals surface area contributed by atoms with Gasteiger partial charge in [-0.1, -0.05) is 0 Å². The van der Waals surface area contributed by atoms with Crippen LogP contribution in [0.4, 0.5) is 0 Å². The maximum absolute atomic E-state index is 11.6. The Balaban J connectivity index is 1.84. The highest BCUT2D eigenvalue weighted by Gasteiger charge is 2.19. The Bertz CT molecular complexity index is 360. The van der Waals surface area contributed by atoms with Crippen LogP contribution in [-0.4, -0.2) is 30.3 Å². The summed E-state index contributed by atoms with van der Waals surface area (Å²) >= 11 is 3.30. The van der Waals surface area contributed by atoms with Crippen molar-refractivity contribution in [1.29, 1.82) is 0 Å². The molecule has 86 valence electrons. The summed E-state index contributed by atoms with van der Waals surface area (Å²) < 4.78 is 11.3. The van der Waals surface area contributed by atoms with E-state index >= 15 is 0 Å². The van der Waals surface area contributed by atoms with E-state index in [2.05, 4.69) is 20.9 Å². The molecular weight excluding hydrogens is 274 g/mol. The van der Waals surface area contributed by atoms with E-state index in [9.17, 15) is 4.79 Å². The quantitative estimate of drug-likeness (QED) is 0.845. The molecule has 5 heteroatoms. The van der Waals surface area contributed by atoms with Crippen molar-refractivity contribution in [2.24, 2.45) is 0 Å². The number of carbonyl (C=O) groups is 1. The monoisotopic (exact) mass is 285 g/mol. The molecule has 0 spiro atoms. The minimum absolute atomic E-state index is 0.0849. The zero-order valence-corrected chi connectivity index (χ0v) is 10.3. The third-order valence-electron chi connectivity index (χ3n) is 2.25. The highest BCUT2D eigenvalue weighted by atomic mass is 79.9. The van der Waals surface area contributed by atoms with Crippen LogP contribution in [0.1, 0.15) is 12.1 Å². The maximum Gasteiger partial charge on any atom is 0.164 e. The number of hydrogen-bond acceptors (Lipinski definition) is 4. The van der Waals surface area contributed by atoms with Crippen LogP contribution in [0, 0.1) is 0 Å². The molecule has 0 aromatic carbocycles. The zero-order valence-electron chi connectivity index (χ0n) is 8.69. The molecule has 1 fully saturated rings. The van der Waals surface area contributed by atoms with E-state index in [-0.39, 0.29) is 12.1 Å². The first kappa shape index (κ1) is 11.7. The number of aromatic nitrogens is 1. The van der Waals surface area contributed by atoms with Gasteiger partial charge in [0.25, 0.3) is 0 Å². The van der Waals surface area contributed by atoms with Crippen LogP contribution < -0.4 is 0 Å². The van der Waals surface area contributed by atoms with Gasteiger partial charge >= 0.3 is 0 Å². The number of pyridine rings is 1. The molecule has 2 rings (SSSR count). The van der Waals surface area contributed by atoms with Crippen molar-refractivity contribution in [3.63, 3.8) is 0 Å². The lowest BCUT2D eigenvalue weighted by molar-refractivity contribution is -0.126. The number of Topliss-reactive ketones (excluding diaryl/α,β-unsaturated/α-hetero) is 1. The fourth-order valence-corrected chi connectivity index (χ4v) is 1.73. The van der Waals surface area contributed by atoms with Gasteiger partial charge in [-0.05, 0) is 28.1 Å². The van der Waals surface area contributed by atoms with E-state index in [1.807, 2.05) is 12.1 Å². The van der Waals surface area contributed by atoms with Gasteiger partial charge in [0.2, 0.25) is 0 Å². The number of rotatable bonds is 4. The minimum atomic E-state index is -0.358. The Morgan fingerprint density at radius 3 is 2.81 bits per heavy atom. The summed E-state index contributed by atoms with van der Waals surface area (Å²) in [6.45, 7) is 1.16. The molecule has 2 heterocycles. The average molecular weight is 286 g/mol. The second kappa shape index (κ2) is 5.52. The second-order valence-corrected chi connectivity index (χ2v) is 4.47. The molecule has 0 amide bonds. The number of halogens is 1.